The molecule has 0 aliphatic carbocycles. The van der Waals surface area contributed by atoms with E-state index in [0.717, 1.165) is 53.4 Å². The summed E-state index contributed by atoms with van der Waals surface area (Å²) in [5, 5.41) is 0. The second-order valence-electron chi connectivity index (χ2n) is 9.29. The number of carbonyl (C=O) groups excluding carboxylic acids is 1. The summed E-state index contributed by atoms with van der Waals surface area (Å²) in [6.07, 6.45) is 2.36. The van der Waals surface area contributed by atoms with E-state index in [2.05, 4.69) is 41.8 Å². The monoisotopic (exact) mass is 483 g/mol. The Hall–Kier alpha value is -3.80. The fourth-order valence-corrected chi connectivity index (χ4v) is 4.98. The molecule has 186 valence electrons. The Morgan fingerprint density at radius 1 is 0.972 bits per heavy atom. The first kappa shape index (κ1) is 23.9. The molecule has 1 atom stereocenters. The number of hydrogen-bond acceptors (Lipinski definition) is 4. The summed E-state index contributed by atoms with van der Waals surface area (Å²) < 4.78 is 14.0. The van der Waals surface area contributed by atoms with Crippen molar-refractivity contribution in [2.45, 2.75) is 45.6 Å². The van der Waals surface area contributed by atoms with E-state index in [-0.39, 0.29) is 11.8 Å². The van der Waals surface area contributed by atoms with Gasteiger partial charge in [-0.25, -0.2) is 4.98 Å². The van der Waals surface area contributed by atoms with Crippen LogP contribution in [0.5, 0.6) is 11.5 Å². The number of aryl methyl sites for hydroxylation is 2. The molecular weight excluding hydrogens is 450 g/mol. The molecule has 1 fully saturated rings. The highest BCUT2D eigenvalue weighted by molar-refractivity contribution is 5.97. The highest BCUT2D eigenvalue weighted by Gasteiger charge is 2.35. The Kier molecular flexibility index (Phi) is 7.21. The van der Waals surface area contributed by atoms with Gasteiger partial charge in [0.25, 0.3) is 0 Å². The molecule has 6 heteroatoms. The number of carbonyl (C=O) groups is 1. The van der Waals surface area contributed by atoms with Crippen LogP contribution in [0.25, 0.3) is 11.0 Å². The highest BCUT2D eigenvalue weighted by Crippen LogP contribution is 2.37. The predicted molar refractivity (Wildman–Crippen MR) is 143 cm³/mol. The van der Waals surface area contributed by atoms with Gasteiger partial charge in [0.05, 0.1) is 29.9 Å². The molecular formula is C30H33N3O3. The smallest absolute Gasteiger partial charge is 0.227 e. The predicted octanol–water partition coefficient (Wildman–Crippen LogP) is 6.12. The van der Waals surface area contributed by atoms with Crippen LogP contribution < -0.4 is 14.4 Å². The van der Waals surface area contributed by atoms with Gasteiger partial charge in [0.1, 0.15) is 17.3 Å². The van der Waals surface area contributed by atoms with Gasteiger partial charge in [-0.05, 0) is 68.7 Å². The molecule has 5 rings (SSSR count). The summed E-state index contributed by atoms with van der Waals surface area (Å²) in [4.78, 5) is 20.0. The maximum Gasteiger partial charge on any atom is 0.227 e. The second-order valence-corrected chi connectivity index (χ2v) is 9.29. The summed E-state index contributed by atoms with van der Waals surface area (Å²) in [7, 11) is 0. The molecule has 36 heavy (non-hydrogen) atoms. The lowest BCUT2D eigenvalue weighted by atomic mass is 10.1. The summed E-state index contributed by atoms with van der Waals surface area (Å²) in [5.74, 6) is 2.79. The van der Waals surface area contributed by atoms with Gasteiger partial charge in [-0.1, -0.05) is 36.4 Å². The van der Waals surface area contributed by atoms with Crippen molar-refractivity contribution in [2.75, 3.05) is 24.7 Å². The Morgan fingerprint density at radius 3 is 2.67 bits per heavy atom. The number of rotatable bonds is 10. The third-order valence-electron chi connectivity index (χ3n) is 6.66. The molecule has 1 amide bonds. The second kappa shape index (κ2) is 10.9. The Bertz CT molecular complexity index is 1350. The average molecular weight is 484 g/mol. The summed E-state index contributed by atoms with van der Waals surface area (Å²) in [5.41, 5.74) is 4.13. The van der Waals surface area contributed by atoms with Crippen LogP contribution in [0.4, 0.5) is 5.69 Å². The molecule has 1 aliphatic rings. The van der Waals surface area contributed by atoms with Gasteiger partial charge in [-0.3, -0.25) is 4.79 Å². The van der Waals surface area contributed by atoms with E-state index in [4.69, 9.17) is 14.5 Å². The zero-order valence-corrected chi connectivity index (χ0v) is 21.0. The van der Waals surface area contributed by atoms with E-state index in [1.54, 1.807) is 0 Å². The SMILES string of the molecule is CCOc1ccccc1N1CC(c2nc3ccccc3n2CCCCOc2cccc(C)c2)CC1=O. The van der Waals surface area contributed by atoms with E-state index in [1.165, 1.54) is 5.56 Å². The van der Waals surface area contributed by atoms with Crippen molar-refractivity contribution in [1.29, 1.82) is 0 Å². The molecule has 1 aromatic heterocycles. The van der Waals surface area contributed by atoms with Crippen LogP contribution in [0.1, 0.15) is 43.5 Å². The molecule has 0 radical (unpaired) electrons. The van der Waals surface area contributed by atoms with E-state index in [1.807, 2.05) is 54.3 Å². The number of hydrogen-bond donors (Lipinski definition) is 0. The quantitative estimate of drug-likeness (QED) is 0.255. The molecule has 0 N–H and O–H groups in total. The van der Waals surface area contributed by atoms with Gasteiger partial charge in [0.2, 0.25) is 5.91 Å². The number of benzene rings is 3. The van der Waals surface area contributed by atoms with Gasteiger partial charge in [0, 0.05) is 25.4 Å². The molecule has 6 nitrogen and oxygen atoms in total. The first-order chi connectivity index (χ1) is 17.6. The molecule has 2 heterocycles. The van der Waals surface area contributed by atoms with Crippen LogP contribution in [0, 0.1) is 6.92 Å². The number of aromatic nitrogens is 2. The lowest BCUT2D eigenvalue weighted by Gasteiger charge is -2.20. The molecule has 0 bridgehead atoms. The number of para-hydroxylation sites is 4. The van der Waals surface area contributed by atoms with Gasteiger partial charge in [-0.15, -0.1) is 0 Å². The van der Waals surface area contributed by atoms with Gasteiger partial charge in [0.15, 0.2) is 0 Å². The summed E-state index contributed by atoms with van der Waals surface area (Å²) in [6, 6.07) is 24.2. The fourth-order valence-electron chi connectivity index (χ4n) is 4.98. The Labute approximate surface area is 212 Å². The standard InChI is InChI=1S/C30H33N3O3/c1-3-35-28-16-7-6-15-27(28)33-21-23(20-29(33)34)30-31-25-13-4-5-14-26(25)32(30)17-8-9-18-36-24-12-10-11-22(2)19-24/h4-7,10-16,19,23H,3,8-9,17-18,20-21H2,1-2H3. The number of unbranched alkanes of at least 4 members (excludes halogenated alkanes) is 1. The number of imidazole rings is 1. The lowest BCUT2D eigenvalue weighted by molar-refractivity contribution is -0.117. The van der Waals surface area contributed by atoms with Crippen molar-refractivity contribution in [1.82, 2.24) is 9.55 Å². The van der Waals surface area contributed by atoms with E-state index < -0.39 is 0 Å². The lowest BCUT2D eigenvalue weighted by Crippen LogP contribution is -2.25. The average Bonchev–Trinajstić information content (AvgIpc) is 3.45. The number of ether oxygens (including phenoxy) is 2. The van der Waals surface area contributed by atoms with Crippen LogP contribution in [0.15, 0.2) is 72.8 Å². The van der Waals surface area contributed by atoms with E-state index >= 15 is 0 Å². The van der Waals surface area contributed by atoms with Crippen molar-refractivity contribution in [2.24, 2.45) is 0 Å². The van der Waals surface area contributed by atoms with Gasteiger partial charge >= 0.3 is 0 Å². The highest BCUT2D eigenvalue weighted by atomic mass is 16.5. The Morgan fingerprint density at radius 2 is 1.81 bits per heavy atom. The largest absolute Gasteiger partial charge is 0.494 e. The third kappa shape index (κ3) is 5.08. The van der Waals surface area contributed by atoms with Crippen LogP contribution in [-0.4, -0.2) is 35.2 Å². The minimum atomic E-state index is 0.0307. The molecule has 1 aliphatic heterocycles. The number of nitrogens with zero attached hydrogens (tertiary/aromatic N) is 3. The number of anilines is 1. The van der Waals surface area contributed by atoms with Crippen molar-refractivity contribution in [3.8, 4) is 11.5 Å². The molecule has 1 saturated heterocycles. The first-order valence-electron chi connectivity index (χ1n) is 12.8. The normalized spacial score (nSPS) is 15.6. The van der Waals surface area contributed by atoms with Gasteiger partial charge < -0.3 is 18.9 Å². The van der Waals surface area contributed by atoms with Crippen molar-refractivity contribution < 1.29 is 14.3 Å². The molecule has 0 spiro atoms. The van der Waals surface area contributed by atoms with E-state index in [9.17, 15) is 4.79 Å². The number of fused-ring (bicyclic) bond motifs is 1. The maximum absolute atomic E-state index is 13.1. The minimum absolute atomic E-state index is 0.0307. The number of amides is 1. The van der Waals surface area contributed by atoms with Crippen molar-refractivity contribution in [3.05, 3.63) is 84.2 Å². The molecule has 4 aromatic rings. The molecule has 3 aromatic carbocycles. The summed E-state index contributed by atoms with van der Waals surface area (Å²) >= 11 is 0. The zero-order valence-electron chi connectivity index (χ0n) is 21.0. The van der Waals surface area contributed by atoms with Gasteiger partial charge in [-0.2, -0.15) is 0 Å². The van der Waals surface area contributed by atoms with E-state index in [0.29, 0.717) is 26.2 Å². The maximum atomic E-state index is 13.1. The van der Waals surface area contributed by atoms with Crippen LogP contribution in [0.2, 0.25) is 0 Å². The minimum Gasteiger partial charge on any atom is -0.494 e. The topological polar surface area (TPSA) is 56.6 Å². The van der Waals surface area contributed by atoms with Crippen LogP contribution >= 0.6 is 0 Å². The Balaban J connectivity index is 1.31. The van der Waals surface area contributed by atoms with Crippen LogP contribution in [0.3, 0.4) is 0 Å². The summed E-state index contributed by atoms with van der Waals surface area (Å²) in [6.45, 7) is 6.71. The fraction of sp³-hybridized carbons (Fsp3) is 0.333. The van der Waals surface area contributed by atoms with Crippen molar-refractivity contribution in [3.63, 3.8) is 0 Å². The van der Waals surface area contributed by atoms with Crippen molar-refractivity contribution >= 4 is 22.6 Å². The van der Waals surface area contributed by atoms with Crippen LogP contribution in [-0.2, 0) is 11.3 Å². The molecule has 1 unspecified atom stereocenters. The zero-order chi connectivity index (χ0) is 24.9. The molecule has 0 saturated carbocycles. The third-order valence-corrected chi connectivity index (χ3v) is 6.66. The first-order valence-corrected chi connectivity index (χ1v) is 12.8.